The van der Waals surface area contributed by atoms with Gasteiger partial charge in [0.1, 0.15) is 0 Å². The van der Waals surface area contributed by atoms with Crippen LogP contribution in [-0.2, 0) is 14.4 Å². The minimum atomic E-state index is -0.784. The van der Waals surface area contributed by atoms with Gasteiger partial charge in [0, 0.05) is 19.3 Å². The van der Waals surface area contributed by atoms with E-state index in [1.54, 1.807) is 0 Å². The fourth-order valence-corrected chi connectivity index (χ4v) is 2.49. The fraction of sp³-hybridized carbons (Fsp3) is 0.850. The second-order valence-corrected chi connectivity index (χ2v) is 6.67. The molecule has 0 aromatic heterocycles. The first-order chi connectivity index (χ1) is 12.4. The Hall–Kier alpha value is -1.59. The fourth-order valence-electron chi connectivity index (χ4n) is 2.49. The molecule has 26 heavy (non-hydrogen) atoms. The van der Waals surface area contributed by atoms with Crippen molar-refractivity contribution in [1.29, 1.82) is 0 Å². The first-order valence-electron chi connectivity index (χ1n) is 10.1. The summed E-state index contributed by atoms with van der Waals surface area (Å²) < 4.78 is 0. The molecule has 0 saturated heterocycles. The Morgan fingerprint density at radius 2 is 0.692 bits per heavy atom. The standard InChI is InChI=1S/C12H24O2.C8H14O4/c1-2-3-4-5-6-7-8-9-10-11-12(13)14;9-7(10)5-3-1-2-4-6-8(11)12/h2-11H2,1H3,(H,13,14);1-6H2,(H,9,10)(H,11,12). The number of hydrogen-bond donors (Lipinski definition) is 3. The maximum absolute atomic E-state index is 10.2. The summed E-state index contributed by atoms with van der Waals surface area (Å²) in [5.74, 6) is -2.23. The molecule has 0 saturated carbocycles. The second kappa shape index (κ2) is 21.5. The van der Waals surface area contributed by atoms with Gasteiger partial charge in [-0.25, -0.2) is 0 Å². The molecule has 0 amide bonds. The van der Waals surface area contributed by atoms with E-state index >= 15 is 0 Å². The molecule has 0 aromatic carbocycles. The number of aliphatic carboxylic acids is 3. The van der Waals surface area contributed by atoms with Crippen LogP contribution in [0.1, 0.15) is 110 Å². The van der Waals surface area contributed by atoms with Crippen LogP contribution in [0.25, 0.3) is 0 Å². The van der Waals surface area contributed by atoms with E-state index in [1.165, 1.54) is 44.9 Å². The van der Waals surface area contributed by atoms with Crippen LogP contribution in [0.3, 0.4) is 0 Å². The number of carboxylic acid groups (broad SMARTS) is 3. The van der Waals surface area contributed by atoms with E-state index in [0.717, 1.165) is 25.7 Å². The maximum atomic E-state index is 10.2. The van der Waals surface area contributed by atoms with E-state index in [-0.39, 0.29) is 12.8 Å². The summed E-state index contributed by atoms with van der Waals surface area (Å²) in [6.45, 7) is 2.23. The summed E-state index contributed by atoms with van der Waals surface area (Å²) in [7, 11) is 0. The lowest BCUT2D eigenvalue weighted by Gasteiger charge is -2.00. The highest BCUT2D eigenvalue weighted by molar-refractivity contribution is 5.67. The molecule has 154 valence electrons. The molecule has 6 nitrogen and oxygen atoms in total. The summed E-state index contributed by atoms with van der Waals surface area (Å²) in [6.07, 6.45) is 14.8. The van der Waals surface area contributed by atoms with Gasteiger partial charge < -0.3 is 15.3 Å². The quantitative estimate of drug-likeness (QED) is 0.290. The molecule has 0 atom stereocenters. The Balaban J connectivity index is 0. The zero-order chi connectivity index (χ0) is 20.0. The van der Waals surface area contributed by atoms with E-state index < -0.39 is 17.9 Å². The van der Waals surface area contributed by atoms with Crippen LogP contribution >= 0.6 is 0 Å². The molecule has 0 aromatic rings. The van der Waals surface area contributed by atoms with Crippen LogP contribution in [0.15, 0.2) is 0 Å². The van der Waals surface area contributed by atoms with Crippen LogP contribution in [0.5, 0.6) is 0 Å². The first-order valence-corrected chi connectivity index (χ1v) is 10.1. The topological polar surface area (TPSA) is 112 Å². The Bertz CT molecular complexity index is 336. The average Bonchev–Trinajstić information content (AvgIpc) is 2.56. The predicted molar refractivity (Wildman–Crippen MR) is 102 cm³/mol. The van der Waals surface area contributed by atoms with E-state index in [4.69, 9.17) is 15.3 Å². The Labute approximate surface area is 158 Å². The van der Waals surface area contributed by atoms with Gasteiger partial charge in [-0.05, 0) is 19.3 Å². The van der Waals surface area contributed by atoms with Gasteiger partial charge in [-0.1, -0.05) is 71.1 Å². The normalized spacial score (nSPS) is 10.0. The highest BCUT2D eigenvalue weighted by Crippen LogP contribution is 2.10. The smallest absolute Gasteiger partial charge is 0.303 e. The van der Waals surface area contributed by atoms with E-state index in [0.29, 0.717) is 19.3 Å². The van der Waals surface area contributed by atoms with Gasteiger partial charge in [-0.3, -0.25) is 14.4 Å². The van der Waals surface area contributed by atoms with Gasteiger partial charge in [0.15, 0.2) is 0 Å². The Kier molecular flexibility index (Phi) is 22.0. The summed E-state index contributed by atoms with van der Waals surface area (Å²) in [6, 6.07) is 0. The SMILES string of the molecule is CCCCCCCCCCCC(=O)O.O=C(O)CCCCCCC(=O)O. The van der Waals surface area contributed by atoms with Crippen LogP contribution in [0.2, 0.25) is 0 Å². The van der Waals surface area contributed by atoms with E-state index in [2.05, 4.69) is 6.92 Å². The molecule has 0 fully saturated rings. The third-order valence-electron chi connectivity index (χ3n) is 4.03. The van der Waals surface area contributed by atoms with Gasteiger partial charge in [-0.2, -0.15) is 0 Å². The molecule has 6 heteroatoms. The van der Waals surface area contributed by atoms with Crippen LogP contribution < -0.4 is 0 Å². The van der Waals surface area contributed by atoms with Gasteiger partial charge >= 0.3 is 17.9 Å². The molecule has 0 radical (unpaired) electrons. The lowest BCUT2D eigenvalue weighted by Crippen LogP contribution is -1.95. The largest absolute Gasteiger partial charge is 0.481 e. The number of carbonyl (C=O) groups is 3. The van der Waals surface area contributed by atoms with Crippen molar-refractivity contribution in [3.05, 3.63) is 0 Å². The summed E-state index contributed by atoms with van der Waals surface area (Å²) in [5.41, 5.74) is 0. The molecule has 0 heterocycles. The summed E-state index contributed by atoms with van der Waals surface area (Å²) in [5, 5.41) is 24.9. The average molecular weight is 375 g/mol. The molecule has 0 bridgehead atoms. The molecule has 0 aliphatic rings. The number of unbranched alkanes of at least 4 members (excludes halogenated alkanes) is 11. The first kappa shape index (κ1) is 26.6. The summed E-state index contributed by atoms with van der Waals surface area (Å²) >= 11 is 0. The third kappa shape index (κ3) is 30.3. The zero-order valence-electron chi connectivity index (χ0n) is 16.4. The monoisotopic (exact) mass is 374 g/mol. The van der Waals surface area contributed by atoms with Gasteiger partial charge in [0.05, 0.1) is 0 Å². The number of carboxylic acids is 3. The van der Waals surface area contributed by atoms with Crippen molar-refractivity contribution in [2.45, 2.75) is 110 Å². The molecule has 3 N–H and O–H groups in total. The Morgan fingerprint density at radius 1 is 0.462 bits per heavy atom. The lowest BCUT2D eigenvalue weighted by molar-refractivity contribution is -0.138. The van der Waals surface area contributed by atoms with Crippen molar-refractivity contribution in [3.63, 3.8) is 0 Å². The minimum absolute atomic E-state index is 0.188. The molecular weight excluding hydrogens is 336 g/mol. The van der Waals surface area contributed by atoms with Gasteiger partial charge in [0.25, 0.3) is 0 Å². The predicted octanol–water partition coefficient (Wildman–Crippen LogP) is 5.49. The van der Waals surface area contributed by atoms with Crippen molar-refractivity contribution in [2.75, 3.05) is 0 Å². The maximum Gasteiger partial charge on any atom is 0.303 e. The summed E-state index contributed by atoms with van der Waals surface area (Å²) in [4.78, 5) is 30.3. The third-order valence-corrected chi connectivity index (χ3v) is 4.03. The van der Waals surface area contributed by atoms with Crippen molar-refractivity contribution in [2.24, 2.45) is 0 Å². The molecule has 0 spiro atoms. The lowest BCUT2D eigenvalue weighted by atomic mass is 10.1. The van der Waals surface area contributed by atoms with Crippen molar-refractivity contribution < 1.29 is 29.7 Å². The molecule has 0 aliphatic heterocycles. The van der Waals surface area contributed by atoms with E-state index in [1.807, 2.05) is 0 Å². The zero-order valence-corrected chi connectivity index (χ0v) is 16.4. The Morgan fingerprint density at radius 3 is 0.923 bits per heavy atom. The van der Waals surface area contributed by atoms with Crippen LogP contribution in [0, 0.1) is 0 Å². The minimum Gasteiger partial charge on any atom is -0.481 e. The van der Waals surface area contributed by atoms with Gasteiger partial charge in [-0.15, -0.1) is 0 Å². The molecular formula is C20H38O6. The molecule has 0 aliphatic carbocycles. The molecule has 0 rings (SSSR count). The van der Waals surface area contributed by atoms with Gasteiger partial charge in [0.2, 0.25) is 0 Å². The second-order valence-electron chi connectivity index (χ2n) is 6.67. The number of hydrogen-bond acceptors (Lipinski definition) is 3. The van der Waals surface area contributed by atoms with E-state index in [9.17, 15) is 14.4 Å². The van der Waals surface area contributed by atoms with Crippen molar-refractivity contribution >= 4 is 17.9 Å². The highest BCUT2D eigenvalue weighted by atomic mass is 16.4. The van der Waals surface area contributed by atoms with Crippen LogP contribution in [-0.4, -0.2) is 33.2 Å². The van der Waals surface area contributed by atoms with Crippen molar-refractivity contribution in [1.82, 2.24) is 0 Å². The van der Waals surface area contributed by atoms with Crippen molar-refractivity contribution in [3.8, 4) is 0 Å². The highest BCUT2D eigenvalue weighted by Gasteiger charge is 1.98. The van der Waals surface area contributed by atoms with Crippen LogP contribution in [0.4, 0.5) is 0 Å². The number of rotatable bonds is 17. The molecule has 0 unspecified atom stereocenters.